The highest BCUT2D eigenvalue weighted by molar-refractivity contribution is 7.22. The first-order chi connectivity index (χ1) is 28.1. The number of aliphatic hydroxyl groups is 2. The van der Waals surface area contributed by atoms with Gasteiger partial charge in [-0.15, -0.1) is 0 Å². The van der Waals surface area contributed by atoms with Gasteiger partial charge in [-0.05, 0) is 111 Å². The number of allylic oxidation sites excluding steroid dienone is 3. The molecule has 7 aliphatic rings. The number of nitrogens with zero attached hydrogens (tertiary/aromatic N) is 6. The second kappa shape index (κ2) is 14.9. The number of aliphatic imine (C=N–C) groups is 1. The van der Waals surface area contributed by atoms with Crippen molar-refractivity contribution < 1.29 is 19.8 Å². The van der Waals surface area contributed by atoms with Gasteiger partial charge in [-0.3, -0.25) is 15.0 Å². The number of nitrogens with one attached hydrogen (secondary N) is 3. The van der Waals surface area contributed by atoms with Crippen LogP contribution in [0.15, 0.2) is 76.2 Å². The van der Waals surface area contributed by atoms with Gasteiger partial charge in [0.2, 0.25) is 5.13 Å². The van der Waals surface area contributed by atoms with Gasteiger partial charge in [0.15, 0.2) is 0 Å². The molecule has 4 bridgehead atoms. The molecule has 6 fully saturated rings. The number of piperazine rings is 1. The number of likely N-dealkylation sites (N-methyl/N-ethyl adjacent to an activating group) is 1. The highest BCUT2D eigenvalue weighted by Crippen LogP contribution is 2.72. The number of aromatic nitrogens is 3. The van der Waals surface area contributed by atoms with Crippen molar-refractivity contribution in [2.75, 3.05) is 52.9 Å². The summed E-state index contributed by atoms with van der Waals surface area (Å²) < 4.78 is 10.3. The Morgan fingerprint density at radius 2 is 1.80 bits per heavy atom. The van der Waals surface area contributed by atoms with E-state index in [1.807, 2.05) is 54.4 Å². The summed E-state index contributed by atoms with van der Waals surface area (Å²) in [6.45, 7) is 16.9. The summed E-state index contributed by atoms with van der Waals surface area (Å²) in [5.41, 5.74) is 12.1. The molecule has 2 aromatic heterocycles. The van der Waals surface area contributed by atoms with Crippen LogP contribution < -0.4 is 16.0 Å². The lowest BCUT2D eigenvalue weighted by Gasteiger charge is -2.69. The molecule has 0 spiro atoms. The fourth-order valence-corrected chi connectivity index (χ4v) is 13.4. The van der Waals surface area contributed by atoms with E-state index in [4.69, 9.17) is 15.6 Å². The predicted molar refractivity (Wildman–Crippen MR) is 234 cm³/mol. The summed E-state index contributed by atoms with van der Waals surface area (Å²) in [6, 6.07) is 7.90. The Morgan fingerprint density at radius 3 is 2.53 bits per heavy atom. The van der Waals surface area contributed by atoms with E-state index in [1.54, 1.807) is 4.90 Å². The zero-order valence-electron chi connectivity index (χ0n) is 35.3. The maximum atomic E-state index is 10.7. The second-order valence-corrected chi connectivity index (χ2v) is 20.4. The summed E-state index contributed by atoms with van der Waals surface area (Å²) in [7, 11) is 2.29. The molecule has 4 atom stereocenters. The first-order valence-corrected chi connectivity index (χ1v) is 22.2. The minimum absolute atomic E-state index is 0.0774. The molecule has 3 aromatic rings. The van der Waals surface area contributed by atoms with Gasteiger partial charge in [-0.2, -0.15) is 5.10 Å². The molecule has 2 saturated heterocycles. The number of rotatable bonds is 10. The average molecular weight is 822 g/mol. The molecule has 13 nitrogen and oxygen atoms in total. The fourth-order valence-electron chi connectivity index (χ4n) is 12.6. The molecule has 4 aliphatic carbocycles. The van der Waals surface area contributed by atoms with Crippen LogP contribution in [0, 0.1) is 28.6 Å². The molecule has 314 valence electrons. The largest absolute Gasteiger partial charge is 0.480 e. The van der Waals surface area contributed by atoms with Crippen molar-refractivity contribution in [3.8, 4) is 0 Å². The number of dihydropyridines is 1. The normalized spacial score (nSPS) is 31.1. The molecule has 5 heterocycles. The minimum atomic E-state index is -0.810. The van der Waals surface area contributed by atoms with Crippen molar-refractivity contribution >= 4 is 43.9 Å². The Hall–Kier alpha value is -4.50. The lowest BCUT2D eigenvalue weighted by molar-refractivity contribution is -0.884. The predicted octanol–water partition coefficient (Wildman–Crippen LogP) is 5.96. The zero-order valence-corrected chi connectivity index (χ0v) is 36.1. The molecular weight excluding hydrogens is 761 g/mol. The molecule has 3 aliphatic heterocycles. The standard InChI is InChI=1S/C45H60N10O3S/c1-29(38(46)51-41-49-34-10-6-7-11-35(34)59-41)31-9-8-14-54(39(31)47)36-13-12-32(37(50-36)40(56)57)33-21-48-55(30(33)2)28-44-23-42(3)22-43(4,24-44)26-45(25-42,27-44)58-20-19-53-17-15-52(5)16-18-53/h6-7,10-13,21,47,50,56-57H,8-9,14-20,22-28H2,1-5H3,(H2,46,49,51)/p+1/b31-29-,47-39?/t42-,43+,44?,45?. The quantitative estimate of drug-likeness (QED) is 0.0823. The average Bonchev–Trinajstić information content (AvgIpc) is 3.75. The van der Waals surface area contributed by atoms with Gasteiger partial charge >= 0.3 is 0 Å². The SMILES string of the molecule is CC(=C1\CCCN(C2=CC=C(c3cnn(CC45CC6(OCCN7CC[NH+](C)CC7)C[C@](C)(C4)C[C@](C)(C5)C6)c3C)C(=C(O)O)N2)C1=N)/C(N)=N\c1nc2ccccc2s1. The topological polar surface area (TPSA) is 166 Å². The Bertz CT molecular complexity index is 2270. The minimum Gasteiger partial charge on any atom is -0.480 e. The van der Waals surface area contributed by atoms with Gasteiger partial charge in [0.05, 0.1) is 48.8 Å². The third-order valence-corrected chi connectivity index (χ3v) is 15.1. The number of thiazole rings is 1. The number of aliphatic hydroxyl groups excluding tert-OH is 1. The third kappa shape index (κ3) is 7.62. The van der Waals surface area contributed by atoms with Gasteiger partial charge in [0.1, 0.15) is 23.2 Å². The number of hydrogen-bond donors (Lipinski definition) is 6. The van der Waals surface area contributed by atoms with E-state index in [2.05, 4.69) is 52.7 Å². The van der Waals surface area contributed by atoms with Crippen molar-refractivity contribution in [2.24, 2.45) is 27.0 Å². The van der Waals surface area contributed by atoms with Crippen LogP contribution in [0.5, 0.6) is 0 Å². The Kier molecular flexibility index (Phi) is 10.1. The Morgan fingerprint density at radius 1 is 1.05 bits per heavy atom. The van der Waals surface area contributed by atoms with Crippen LogP contribution >= 0.6 is 11.3 Å². The van der Waals surface area contributed by atoms with Gasteiger partial charge in [0.25, 0.3) is 5.95 Å². The molecule has 59 heavy (non-hydrogen) atoms. The number of nitrogens with two attached hydrogens (primary N) is 1. The number of piperidine rings is 1. The smallest absolute Gasteiger partial charge is 0.299 e. The molecule has 14 heteroatoms. The summed E-state index contributed by atoms with van der Waals surface area (Å²) in [5, 5.41) is 39.5. The molecule has 10 rings (SSSR count). The molecule has 0 radical (unpaired) electrons. The van der Waals surface area contributed by atoms with Crippen LogP contribution in [0.3, 0.4) is 0 Å². The van der Waals surface area contributed by atoms with Crippen LogP contribution in [-0.4, -0.2) is 105 Å². The maximum Gasteiger partial charge on any atom is 0.299 e. The number of likely N-dealkylation sites (tertiary alicyclic amines) is 1. The highest BCUT2D eigenvalue weighted by Gasteiger charge is 2.66. The monoisotopic (exact) mass is 821 g/mol. The fraction of sp³-hybridized carbons (Fsp3) is 0.556. The van der Waals surface area contributed by atoms with Crippen LogP contribution in [0.4, 0.5) is 5.13 Å². The highest BCUT2D eigenvalue weighted by atomic mass is 32.1. The zero-order chi connectivity index (χ0) is 41.3. The van der Waals surface area contributed by atoms with Crippen molar-refractivity contribution in [2.45, 2.75) is 91.2 Å². The molecule has 4 saturated carbocycles. The summed E-state index contributed by atoms with van der Waals surface area (Å²) in [5.74, 6) is 0.407. The number of amidine groups is 2. The first kappa shape index (κ1) is 39.9. The van der Waals surface area contributed by atoms with E-state index in [-0.39, 0.29) is 27.5 Å². The van der Waals surface area contributed by atoms with E-state index in [0.717, 1.165) is 91.1 Å². The molecule has 0 amide bonds. The van der Waals surface area contributed by atoms with E-state index in [1.165, 1.54) is 43.7 Å². The number of benzene rings is 1. The number of hydrogen-bond acceptors (Lipinski definition) is 10. The van der Waals surface area contributed by atoms with E-state index in [9.17, 15) is 15.6 Å². The van der Waals surface area contributed by atoms with Crippen molar-refractivity contribution in [3.05, 3.63) is 82.5 Å². The number of ether oxygens (including phenoxy) is 1. The van der Waals surface area contributed by atoms with E-state index < -0.39 is 5.95 Å². The lowest BCUT2D eigenvalue weighted by atomic mass is 9.39. The second-order valence-electron chi connectivity index (χ2n) is 19.4. The van der Waals surface area contributed by atoms with Gasteiger partial charge < -0.3 is 35.8 Å². The molecule has 1 aromatic carbocycles. The summed E-state index contributed by atoms with van der Waals surface area (Å²) in [6.07, 6.45) is 14.1. The maximum absolute atomic E-state index is 10.7. The van der Waals surface area contributed by atoms with Crippen LogP contribution in [0.25, 0.3) is 15.8 Å². The number of para-hydroxylation sites is 1. The van der Waals surface area contributed by atoms with Gasteiger partial charge in [-0.1, -0.05) is 37.3 Å². The van der Waals surface area contributed by atoms with E-state index >= 15 is 0 Å². The number of quaternary nitrogens is 1. The molecule has 7 N–H and O–H groups in total. The Labute approximate surface area is 351 Å². The van der Waals surface area contributed by atoms with Gasteiger partial charge in [-0.25, -0.2) is 9.98 Å². The van der Waals surface area contributed by atoms with Crippen molar-refractivity contribution in [1.29, 1.82) is 5.41 Å². The molecular formula is C45H61N10O3S+. The van der Waals surface area contributed by atoms with Crippen molar-refractivity contribution in [1.82, 2.24) is 29.9 Å². The third-order valence-electron chi connectivity index (χ3n) is 14.2. The van der Waals surface area contributed by atoms with Crippen LogP contribution in [0.1, 0.15) is 83.4 Å². The van der Waals surface area contributed by atoms with Crippen LogP contribution in [0.2, 0.25) is 0 Å². The molecule has 2 unspecified atom stereocenters. The van der Waals surface area contributed by atoms with Crippen molar-refractivity contribution in [3.63, 3.8) is 0 Å². The lowest BCUT2D eigenvalue weighted by Crippen LogP contribution is -3.12. The van der Waals surface area contributed by atoms with Gasteiger partial charge in [0, 0.05) is 55.1 Å². The summed E-state index contributed by atoms with van der Waals surface area (Å²) in [4.78, 5) is 15.3. The number of fused-ring (bicyclic) bond motifs is 1. The summed E-state index contributed by atoms with van der Waals surface area (Å²) >= 11 is 1.48. The first-order valence-electron chi connectivity index (χ1n) is 21.4. The Balaban J connectivity index is 0.936. The van der Waals surface area contributed by atoms with Crippen LogP contribution in [-0.2, 0) is 11.3 Å². The van der Waals surface area contributed by atoms with E-state index in [0.29, 0.717) is 41.2 Å².